The van der Waals surface area contributed by atoms with Crippen LogP contribution in [0.2, 0.25) is 0 Å². The molecule has 0 aromatic heterocycles. The number of nitrogens with zero attached hydrogens (tertiary/aromatic N) is 1. The molecule has 0 aromatic rings. The Hall–Kier alpha value is -0.790. The first-order valence-corrected chi connectivity index (χ1v) is 3.93. The Labute approximate surface area is 67.9 Å². The lowest BCUT2D eigenvalue weighted by atomic mass is 10.3. The summed E-state index contributed by atoms with van der Waals surface area (Å²) in [5, 5.41) is 0. The molecule has 2 nitrogen and oxygen atoms in total. The van der Waals surface area contributed by atoms with E-state index in [4.69, 9.17) is 0 Å². The standard InChI is InChI=1S/C9H15NO/c1-5-7-6(2)8(7)9(11)10(3)4/h5-8H,1H2,2-4H3. The minimum absolute atomic E-state index is 0.211. The number of allylic oxidation sites excluding steroid dienone is 1. The molecular formula is C9H15NO. The molecular weight excluding hydrogens is 138 g/mol. The Morgan fingerprint density at radius 3 is 2.36 bits per heavy atom. The molecule has 62 valence electrons. The molecule has 1 aliphatic rings. The van der Waals surface area contributed by atoms with Crippen LogP contribution in [0.4, 0.5) is 0 Å². The predicted molar refractivity (Wildman–Crippen MR) is 45.0 cm³/mol. The molecule has 0 saturated heterocycles. The summed E-state index contributed by atoms with van der Waals surface area (Å²) < 4.78 is 0. The third kappa shape index (κ3) is 1.30. The van der Waals surface area contributed by atoms with E-state index >= 15 is 0 Å². The summed E-state index contributed by atoms with van der Waals surface area (Å²) in [6.07, 6.45) is 1.89. The largest absolute Gasteiger partial charge is 0.349 e. The molecule has 0 aliphatic heterocycles. The summed E-state index contributed by atoms with van der Waals surface area (Å²) in [5.41, 5.74) is 0. The fourth-order valence-corrected chi connectivity index (χ4v) is 1.54. The zero-order chi connectivity index (χ0) is 8.59. The van der Waals surface area contributed by atoms with Crippen LogP contribution in [0.15, 0.2) is 12.7 Å². The Bertz CT molecular complexity index is 186. The Balaban J connectivity index is 2.53. The van der Waals surface area contributed by atoms with Crippen molar-refractivity contribution < 1.29 is 4.79 Å². The van der Waals surface area contributed by atoms with Crippen LogP contribution < -0.4 is 0 Å². The molecule has 11 heavy (non-hydrogen) atoms. The van der Waals surface area contributed by atoms with Crippen molar-refractivity contribution in [2.75, 3.05) is 14.1 Å². The molecule has 0 spiro atoms. The summed E-state index contributed by atoms with van der Waals surface area (Å²) in [5.74, 6) is 1.37. The molecule has 0 bridgehead atoms. The summed E-state index contributed by atoms with van der Waals surface area (Å²) in [4.78, 5) is 13.0. The van der Waals surface area contributed by atoms with Gasteiger partial charge < -0.3 is 4.90 Å². The average molecular weight is 153 g/mol. The fourth-order valence-electron chi connectivity index (χ4n) is 1.54. The van der Waals surface area contributed by atoms with Crippen LogP contribution in [0.3, 0.4) is 0 Å². The second-order valence-electron chi connectivity index (χ2n) is 3.43. The number of hydrogen-bond acceptors (Lipinski definition) is 1. The van der Waals surface area contributed by atoms with Crippen LogP contribution in [0, 0.1) is 17.8 Å². The van der Waals surface area contributed by atoms with Gasteiger partial charge in [0.15, 0.2) is 0 Å². The van der Waals surface area contributed by atoms with Gasteiger partial charge in [0.2, 0.25) is 5.91 Å². The summed E-state index contributed by atoms with van der Waals surface area (Å²) in [6, 6.07) is 0. The molecule has 0 aromatic carbocycles. The van der Waals surface area contributed by atoms with E-state index in [-0.39, 0.29) is 11.8 Å². The maximum atomic E-state index is 11.4. The smallest absolute Gasteiger partial charge is 0.226 e. The minimum atomic E-state index is 0.211. The van der Waals surface area contributed by atoms with Gasteiger partial charge in [-0.2, -0.15) is 0 Å². The Morgan fingerprint density at radius 1 is 1.55 bits per heavy atom. The first kappa shape index (κ1) is 8.31. The molecule has 2 heteroatoms. The second kappa shape index (κ2) is 2.68. The van der Waals surface area contributed by atoms with Crippen molar-refractivity contribution >= 4 is 5.91 Å². The molecule has 1 rings (SSSR count). The van der Waals surface area contributed by atoms with Gasteiger partial charge in [-0.25, -0.2) is 0 Å². The van der Waals surface area contributed by atoms with Crippen LogP contribution in [-0.2, 0) is 4.79 Å². The lowest BCUT2D eigenvalue weighted by molar-refractivity contribution is -0.130. The highest BCUT2D eigenvalue weighted by molar-refractivity contribution is 5.82. The van der Waals surface area contributed by atoms with Crippen LogP contribution >= 0.6 is 0 Å². The number of carbonyl (C=O) groups excluding carboxylic acids is 1. The predicted octanol–water partition coefficient (Wildman–Crippen LogP) is 1.14. The van der Waals surface area contributed by atoms with Crippen molar-refractivity contribution in [3.05, 3.63) is 12.7 Å². The van der Waals surface area contributed by atoms with Crippen molar-refractivity contribution in [3.63, 3.8) is 0 Å². The highest BCUT2D eigenvalue weighted by Crippen LogP contribution is 2.47. The van der Waals surface area contributed by atoms with Crippen molar-refractivity contribution in [2.24, 2.45) is 17.8 Å². The van der Waals surface area contributed by atoms with Crippen LogP contribution in [-0.4, -0.2) is 24.9 Å². The van der Waals surface area contributed by atoms with Crippen molar-refractivity contribution in [3.8, 4) is 0 Å². The van der Waals surface area contributed by atoms with Crippen molar-refractivity contribution in [1.82, 2.24) is 4.90 Å². The number of rotatable bonds is 2. The van der Waals surface area contributed by atoms with Crippen molar-refractivity contribution in [1.29, 1.82) is 0 Å². The second-order valence-corrected chi connectivity index (χ2v) is 3.43. The van der Waals surface area contributed by atoms with Gasteiger partial charge in [-0.15, -0.1) is 6.58 Å². The number of carbonyl (C=O) groups is 1. The highest BCUT2D eigenvalue weighted by Gasteiger charge is 2.49. The highest BCUT2D eigenvalue weighted by atomic mass is 16.2. The zero-order valence-corrected chi connectivity index (χ0v) is 7.37. The molecule has 1 fully saturated rings. The maximum Gasteiger partial charge on any atom is 0.226 e. The van der Waals surface area contributed by atoms with E-state index in [2.05, 4.69) is 13.5 Å². The molecule has 1 saturated carbocycles. The fraction of sp³-hybridized carbons (Fsp3) is 0.667. The van der Waals surface area contributed by atoms with E-state index in [0.29, 0.717) is 11.8 Å². The number of hydrogen-bond donors (Lipinski definition) is 0. The average Bonchev–Trinajstić information content (AvgIpc) is 2.59. The van der Waals surface area contributed by atoms with Gasteiger partial charge in [-0.05, 0) is 11.8 Å². The van der Waals surface area contributed by atoms with Crippen LogP contribution in [0.5, 0.6) is 0 Å². The normalized spacial score (nSPS) is 34.6. The molecule has 0 N–H and O–H groups in total. The summed E-state index contributed by atoms with van der Waals surface area (Å²) in [6.45, 7) is 5.79. The molecule has 0 radical (unpaired) electrons. The van der Waals surface area contributed by atoms with E-state index in [1.165, 1.54) is 0 Å². The van der Waals surface area contributed by atoms with E-state index in [9.17, 15) is 4.79 Å². The summed E-state index contributed by atoms with van der Waals surface area (Å²) in [7, 11) is 3.60. The zero-order valence-electron chi connectivity index (χ0n) is 7.37. The Kier molecular flexibility index (Phi) is 2.03. The summed E-state index contributed by atoms with van der Waals surface area (Å²) >= 11 is 0. The maximum absolute atomic E-state index is 11.4. The van der Waals surface area contributed by atoms with Gasteiger partial charge in [0.1, 0.15) is 0 Å². The topological polar surface area (TPSA) is 20.3 Å². The third-order valence-electron chi connectivity index (χ3n) is 2.45. The Morgan fingerprint density at radius 2 is 2.09 bits per heavy atom. The molecule has 1 amide bonds. The van der Waals surface area contributed by atoms with Gasteiger partial charge in [0, 0.05) is 20.0 Å². The molecule has 0 heterocycles. The first-order valence-electron chi connectivity index (χ1n) is 3.93. The van der Waals surface area contributed by atoms with Gasteiger partial charge in [-0.3, -0.25) is 4.79 Å². The van der Waals surface area contributed by atoms with Gasteiger partial charge in [-0.1, -0.05) is 13.0 Å². The van der Waals surface area contributed by atoms with Crippen LogP contribution in [0.1, 0.15) is 6.92 Å². The van der Waals surface area contributed by atoms with Gasteiger partial charge >= 0.3 is 0 Å². The molecule has 3 atom stereocenters. The molecule has 1 aliphatic carbocycles. The third-order valence-corrected chi connectivity index (χ3v) is 2.45. The van der Waals surface area contributed by atoms with Gasteiger partial charge in [0.25, 0.3) is 0 Å². The monoisotopic (exact) mass is 153 g/mol. The number of amides is 1. The first-order chi connectivity index (χ1) is 5.09. The quantitative estimate of drug-likeness (QED) is 0.545. The van der Waals surface area contributed by atoms with E-state index < -0.39 is 0 Å². The van der Waals surface area contributed by atoms with E-state index in [1.807, 2.05) is 6.08 Å². The lowest BCUT2D eigenvalue weighted by Gasteiger charge is -2.08. The van der Waals surface area contributed by atoms with E-state index in [0.717, 1.165) is 0 Å². The van der Waals surface area contributed by atoms with Gasteiger partial charge in [0.05, 0.1) is 0 Å². The van der Waals surface area contributed by atoms with Crippen molar-refractivity contribution in [2.45, 2.75) is 6.92 Å². The van der Waals surface area contributed by atoms with Crippen LogP contribution in [0.25, 0.3) is 0 Å². The molecule has 3 unspecified atom stereocenters. The van der Waals surface area contributed by atoms with E-state index in [1.54, 1.807) is 19.0 Å². The minimum Gasteiger partial charge on any atom is -0.349 e. The lowest BCUT2D eigenvalue weighted by Crippen LogP contribution is -2.24. The SMILES string of the molecule is C=CC1C(C)C1C(=O)N(C)C.